The fourth-order valence-corrected chi connectivity index (χ4v) is 7.36. The third kappa shape index (κ3) is 8.49. The number of hydrogen-bond donors (Lipinski definition) is 3. The summed E-state index contributed by atoms with van der Waals surface area (Å²) in [4.78, 5) is 70.6. The van der Waals surface area contributed by atoms with Crippen molar-refractivity contribution in [1.82, 2.24) is 0 Å². The van der Waals surface area contributed by atoms with E-state index in [1.54, 1.807) is 0 Å². The van der Waals surface area contributed by atoms with E-state index < -0.39 is 95.0 Å². The van der Waals surface area contributed by atoms with E-state index in [-0.39, 0.29) is 32.1 Å². The Bertz CT molecular complexity index is 781. The van der Waals surface area contributed by atoms with Gasteiger partial charge in [-0.1, -0.05) is 0 Å². The van der Waals surface area contributed by atoms with Gasteiger partial charge in [0.25, 0.3) is 0 Å². The molecule has 0 aliphatic carbocycles. The van der Waals surface area contributed by atoms with Gasteiger partial charge in [-0.05, 0) is 0 Å². The quantitative estimate of drug-likeness (QED) is 0.262. The SMILES string of the molecule is N[C@@H]1CCC(=O)[O][Ga]([O]C(=O)[C@@H](N)CCC(=O)[O][Ga]2[O]C(=O)CC[C@H](N)C(=O)[O]2)[O]C1=O. The maximum atomic E-state index is 12.1. The second-order valence-corrected chi connectivity index (χ2v) is 12.2. The number of carbonyl (C=O) groups excluding carboxylic acids is 6. The predicted molar refractivity (Wildman–Crippen MR) is 99.7 cm³/mol. The fourth-order valence-electron chi connectivity index (χ4n) is 2.36. The summed E-state index contributed by atoms with van der Waals surface area (Å²) in [6, 6.07) is -3.43. The zero-order valence-corrected chi connectivity index (χ0v) is 21.6. The third-order valence-electron chi connectivity index (χ3n) is 4.21. The summed E-state index contributed by atoms with van der Waals surface area (Å²) >= 11 is -8.06. The van der Waals surface area contributed by atoms with Crippen LogP contribution in [0.25, 0.3) is 0 Å². The van der Waals surface area contributed by atoms with E-state index in [4.69, 9.17) is 38.4 Å². The van der Waals surface area contributed by atoms with E-state index in [1.165, 1.54) is 0 Å². The molecule has 2 aliphatic heterocycles. The fraction of sp³-hybridized carbons (Fsp3) is 0.600. The molecule has 2 heterocycles. The Kier molecular flexibility index (Phi) is 10.1. The summed E-state index contributed by atoms with van der Waals surface area (Å²) in [6.45, 7) is 0. The van der Waals surface area contributed by atoms with Crippen LogP contribution in [0.1, 0.15) is 38.5 Å². The molecule has 3 atom stereocenters. The number of rotatable bonds is 6. The van der Waals surface area contributed by atoms with Gasteiger partial charge in [0.05, 0.1) is 0 Å². The van der Waals surface area contributed by atoms with E-state index in [9.17, 15) is 28.8 Å². The summed E-state index contributed by atoms with van der Waals surface area (Å²) in [5.41, 5.74) is 16.7. The normalized spacial score (nSPS) is 23.2. The molecule has 2 saturated heterocycles. The van der Waals surface area contributed by atoms with Gasteiger partial charge in [-0.25, -0.2) is 0 Å². The minimum absolute atomic E-state index is 0.0320. The Morgan fingerprint density at radius 1 is 0.875 bits per heavy atom. The van der Waals surface area contributed by atoms with Crippen molar-refractivity contribution in [1.29, 1.82) is 0 Å². The Balaban J connectivity index is 1.81. The molecule has 0 unspecified atom stereocenters. The van der Waals surface area contributed by atoms with Crippen molar-refractivity contribution < 1.29 is 49.9 Å². The molecule has 6 N–H and O–H groups in total. The van der Waals surface area contributed by atoms with Crippen LogP contribution in [0.2, 0.25) is 0 Å². The van der Waals surface area contributed by atoms with Crippen molar-refractivity contribution in [2.75, 3.05) is 0 Å². The molecular formula is C15H21Ga2N3O12. The van der Waals surface area contributed by atoms with E-state index in [0.717, 1.165) is 0 Å². The van der Waals surface area contributed by atoms with Crippen molar-refractivity contribution in [2.24, 2.45) is 17.2 Å². The van der Waals surface area contributed by atoms with Crippen LogP contribution >= 0.6 is 0 Å². The van der Waals surface area contributed by atoms with Crippen molar-refractivity contribution in [3.8, 4) is 0 Å². The van der Waals surface area contributed by atoms with Crippen LogP contribution < -0.4 is 17.2 Å². The molecule has 0 bridgehead atoms. The second-order valence-electron chi connectivity index (χ2n) is 6.79. The van der Waals surface area contributed by atoms with Crippen LogP contribution in [0, 0.1) is 0 Å². The van der Waals surface area contributed by atoms with Crippen LogP contribution in [-0.4, -0.2) is 88.6 Å². The van der Waals surface area contributed by atoms with Gasteiger partial charge in [0.2, 0.25) is 0 Å². The van der Waals surface area contributed by atoms with Crippen molar-refractivity contribution in [3.63, 3.8) is 0 Å². The van der Waals surface area contributed by atoms with Gasteiger partial charge in [-0.2, -0.15) is 0 Å². The Morgan fingerprint density at radius 2 is 1.34 bits per heavy atom. The molecule has 0 amide bonds. The first-order chi connectivity index (χ1) is 15.0. The van der Waals surface area contributed by atoms with Crippen LogP contribution in [0.5, 0.6) is 0 Å². The van der Waals surface area contributed by atoms with E-state index >= 15 is 0 Å². The molecule has 0 spiro atoms. The standard InChI is InChI=1S/3C5H9NO4.2Ga/c3*6-3(5(9)10)1-2-4(7)8;;/h3*3H,1-2,6H2,(H,7,8)(H,9,10);;/q;;;2*+3/p-6/t3*3-;;/m100../s1. The summed E-state index contributed by atoms with van der Waals surface area (Å²) in [5, 5.41) is 0. The van der Waals surface area contributed by atoms with Crippen LogP contribution in [-0.2, 0) is 49.9 Å². The van der Waals surface area contributed by atoms with Gasteiger partial charge in [-0.3, -0.25) is 0 Å². The molecule has 2 rings (SSSR count). The van der Waals surface area contributed by atoms with Gasteiger partial charge in [-0.15, -0.1) is 0 Å². The molecule has 0 aromatic heterocycles. The van der Waals surface area contributed by atoms with E-state index in [0.29, 0.717) is 0 Å². The van der Waals surface area contributed by atoms with Crippen molar-refractivity contribution >= 4 is 70.4 Å². The topological polar surface area (TPSA) is 236 Å². The van der Waals surface area contributed by atoms with E-state index in [2.05, 4.69) is 0 Å². The first-order valence-corrected chi connectivity index (χ1v) is 15.4. The predicted octanol–water partition coefficient (Wildman–Crippen LogP) is -3.43. The summed E-state index contributed by atoms with van der Waals surface area (Å²) in [6.07, 6.45) is -0.881. The van der Waals surface area contributed by atoms with Crippen molar-refractivity contribution in [3.05, 3.63) is 0 Å². The van der Waals surface area contributed by atoms with Gasteiger partial charge in [0, 0.05) is 0 Å². The van der Waals surface area contributed by atoms with Gasteiger partial charge in [0.1, 0.15) is 0 Å². The second kappa shape index (κ2) is 12.3. The summed E-state index contributed by atoms with van der Waals surface area (Å²) in [7, 11) is 0. The van der Waals surface area contributed by atoms with E-state index in [1.807, 2.05) is 0 Å². The van der Waals surface area contributed by atoms with Gasteiger partial charge in [0.15, 0.2) is 0 Å². The van der Waals surface area contributed by atoms with Crippen molar-refractivity contribution in [2.45, 2.75) is 56.7 Å². The van der Waals surface area contributed by atoms with Crippen LogP contribution in [0.3, 0.4) is 0 Å². The molecule has 0 saturated carbocycles. The number of nitrogens with two attached hydrogens (primary N) is 3. The molecule has 15 nitrogen and oxygen atoms in total. The summed E-state index contributed by atoms with van der Waals surface area (Å²) in [5.74, 6) is -5.12. The molecule has 0 radical (unpaired) electrons. The van der Waals surface area contributed by atoms with Crippen LogP contribution in [0.4, 0.5) is 0 Å². The first kappa shape index (κ1) is 26.2. The van der Waals surface area contributed by atoms with Crippen LogP contribution in [0.15, 0.2) is 0 Å². The number of hydrogen-bond acceptors (Lipinski definition) is 15. The van der Waals surface area contributed by atoms with Gasteiger partial charge < -0.3 is 0 Å². The molecular weight excluding hydrogens is 554 g/mol. The molecule has 174 valence electrons. The zero-order chi connectivity index (χ0) is 23.8. The molecule has 17 heteroatoms. The zero-order valence-electron chi connectivity index (χ0n) is 16.8. The Hall–Kier alpha value is -2.03. The summed E-state index contributed by atoms with van der Waals surface area (Å²) < 4.78 is 29.3. The molecule has 2 aliphatic rings. The first-order valence-electron chi connectivity index (χ1n) is 9.52. The Morgan fingerprint density at radius 3 is 1.84 bits per heavy atom. The maximum absolute atomic E-state index is 12.1. The molecule has 2 fully saturated rings. The van der Waals surface area contributed by atoms with Gasteiger partial charge >= 0.3 is 194 Å². The molecule has 32 heavy (non-hydrogen) atoms. The molecule has 0 aromatic rings. The molecule has 0 aromatic carbocycles. The average molecular weight is 575 g/mol. The third-order valence-corrected chi connectivity index (χ3v) is 9.75. The Labute approximate surface area is 194 Å². The minimum atomic E-state index is -4.06. The monoisotopic (exact) mass is 573 g/mol. The average Bonchev–Trinajstić information content (AvgIpc) is 2.72. The number of carbonyl (C=O) groups is 6.